The summed E-state index contributed by atoms with van der Waals surface area (Å²) in [5.41, 5.74) is 1.52. The first-order valence-corrected chi connectivity index (χ1v) is 5.69. The van der Waals surface area contributed by atoms with Crippen LogP contribution in [-0.2, 0) is 4.79 Å². The van der Waals surface area contributed by atoms with Crippen molar-refractivity contribution in [3.63, 3.8) is 0 Å². The first-order valence-electron chi connectivity index (χ1n) is 5.69. The molecule has 0 spiro atoms. The molecule has 1 N–H and O–H groups in total. The van der Waals surface area contributed by atoms with E-state index < -0.39 is 10.9 Å². The van der Waals surface area contributed by atoms with Gasteiger partial charge in [-0.3, -0.25) is 14.9 Å². The van der Waals surface area contributed by atoms with Crippen molar-refractivity contribution in [2.45, 2.75) is 13.3 Å². The number of hydrogen-bond donors (Lipinski definition) is 1. The molecule has 0 unspecified atom stereocenters. The Hall–Kier alpha value is -2.11. The number of aliphatic carboxylic acids is 1. The van der Waals surface area contributed by atoms with Crippen molar-refractivity contribution in [2.24, 2.45) is 5.92 Å². The lowest BCUT2D eigenvalue weighted by Gasteiger charge is -2.40. The summed E-state index contributed by atoms with van der Waals surface area (Å²) in [5.74, 6) is -0.655. The molecule has 0 bridgehead atoms. The van der Waals surface area contributed by atoms with Crippen molar-refractivity contribution in [3.05, 3.63) is 33.9 Å². The number of nitrogens with zero attached hydrogens (tertiary/aromatic N) is 2. The van der Waals surface area contributed by atoms with Crippen LogP contribution in [0.5, 0.6) is 0 Å². The Labute approximate surface area is 104 Å². The number of carbonyl (C=O) groups is 1. The third kappa shape index (κ3) is 2.42. The Morgan fingerprint density at radius 1 is 1.56 bits per heavy atom. The van der Waals surface area contributed by atoms with Crippen LogP contribution < -0.4 is 4.90 Å². The fourth-order valence-corrected chi connectivity index (χ4v) is 2.15. The van der Waals surface area contributed by atoms with Crippen LogP contribution in [0.1, 0.15) is 12.0 Å². The van der Waals surface area contributed by atoms with Crippen molar-refractivity contribution in [1.29, 1.82) is 0 Å². The standard InChI is InChI=1S/C12H14N2O4/c1-8-2-3-10(5-11(8)14(17)18)13-6-9(7-13)4-12(15)16/h2-3,5,9H,4,6-7H2,1H3,(H,15,16). The average molecular weight is 250 g/mol. The number of aryl methyl sites for hydroxylation is 1. The van der Waals surface area contributed by atoms with Crippen molar-refractivity contribution in [1.82, 2.24) is 0 Å². The second-order valence-electron chi connectivity index (χ2n) is 4.60. The molecule has 2 rings (SSSR count). The number of nitro benzene ring substituents is 1. The zero-order valence-electron chi connectivity index (χ0n) is 10.00. The van der Waals surface area contributed by atoms with Crippen LogP contribution in [0.3, 0.4) is 0 Å². The van der Waals surface area contributed by atoms with Gasteiger partial charge in [0.2, 0.25) is 0 Å². The number of carboxylic acid groups (broad SMARTS) is 1. The van der Waals surface area contributed by atoms with Crippen molar-refractivity contribution < 1.29 is 14.8 Å². The Morgan fingerprint density at radius 3 is 2.78 bits per heavy atom. The molecule has 1 aliphatic heterocycles. The molecule has 0 amide bonds. The fourth-order valence-electron chi connectivity index (χ4n) is 2.15. The lowest BCUT2D eigenvalue weighted by Crippen LogP contribution is -2.47. The van der Waals surface area contributed by atoms with E-state index in [9.17, 15) is 14.9 Å². The third-order valence-electron chi connectivity index (χ3n) is 3.18. The molecule has 0 atom stereocenters. The quantitative estimate of drug-likeness (QED) is 0.650. The summed E-state index contributed by atoms with van der Waals surface area (Å²) >= 11 is 0. The van der Waals surface area contributed by atoms with Crippen molar-refractivity contribution in [2.75, 3.05) is 18.0 Å². The molecule has 1 fully saturated rings. The van der Waals surface area contributed by atoms with Gasteiger partial charge in [0, 0.05) is 36.3 Å². The Morgan fingerprint density at radius 2 is 2.22 bits per heavy atom. The molecule has 6 nitrogen and oxygen atoms in total. The lowest BCUT2D eigenvalue weighted by molar-refractivity contribution is -0.385. The molecule has 1 aromatic rings. The Bertz CT molecular complexity index is 495. The fraction of sp³-hybridized carbons (Fsp3) is 0.417. The minimum atomic E-state index is -0.797. The summed E-state index contributed by atoms with van der Waals surface area (Å²) in [7, 11) is 0. The highest BCUT2D eigenvalue weighted by Gasteiger charge is 2.29. The Balaban J connectivity index is 2.06. The third-order valence-corrected chi connectivity index (χ3v) is 3.18. The zero-order chi connectivity index (χ0) is 13.3. The maximum Gasteiger partial charge on any atom is 0.303 e. The maximum absolute atomic E-state index is 10.8. The van der Waals surface area contributed by atoms with Gasteiger partial charge in [0.1, 0.15) is 0 Å². The number of nitro groups is 1. The number of rotatable bonds is 4. The number of benzene rings is 1. The first kappa shape index (κ1) is 12.3. The summed E-state index contributed by atoms with van der Waals surface area (Å²) < 4.78 is 0. The van der Waals surface area contributed by atoms with Gasteiger partial charge in [-0.15, -0.1) is 0 Å². The normalized spacial score (nSPS) is 15.3. The van der Waals surface area contributed by atoms with Gasteiger partial charge < -0.3 is 10.0 Å². The lowest BCUT2D eigenvalue weighted by atomic mass is 9.95. The molecule has 96 valence electrons. The van der Waals surface area contributed by atoms with E-state index in [-0.39, 0.29) is 18.0 Å². The number of carboxylic acids is 1. The van der Waals surface area contributed by atoms with Crippen LogP contribution in [0.2, 0.25) is 0 Å². The highest BCUT2D eigenvalue weighted by molar-refractivity contribution is 5.68. The average Bonchev–Trinajstić information content (AvgIpc) is 2.23. The molecule has 1 saturated heterocycles. The molecular formula is C12H14N2O4. The molecule has 1 aliphatic rings. The largest absolute Gasteiger partial charge is 0.481 e. The van der Waals surface area contributed by atoms with E-state index in [0.29, 0.717) is 18.7 Å². The van der Waals surface area contributed by atoms with Crippen molar-refractivity contribution >= 4 is 17.3 Å². The predicted octanol–water partition coefficient (Wildman–Crippen LogP) is 1.81. The Kier molecular flexibility index (Phi) is 3.18. The molecule has 0 radical (unpaired) electrons. The minimum Gasteiger partial charge on any atom is -0.481 e. The van der Waals surface area contributed by atoms with Gasteiger partial charge in [0.05, 0.1) is 11.3 Å². The molecule has 0 aromatic heterocycles. The van der Waals surface area contributed by atoms with Crippen LogP contribution in [0.25, 0.3) is 0 Å². The summed E-state index contributed by atoms with van der Waals surface area (Å²) in [6, 6.07) is 5.10. The van der Waals surface area contributed by atoms with Gasteiger partial charge in [-0.1, -0.05) is 6.07 Å². The van der Waals surface area contributed by atoms with Gasteiger partial charge in [0.25, 0.3) is 5.69 Å². The van der Waals surface area contributed by atoms with E-state index in [4.69, 9.17) is 5.11 Å². The van der Waals surface area contributed by atoms with E-state index in [1.807, 2.05) is 11.0 Å². The van der Waals surface area contributed by atoms with Crippen LogP contribution in [0.4, 0.5) is 11.4 Å². The number of hydrogen-bond acceptors (Lipinski definition) is 4. The van der Waals surface area contributed by atoms with Gasteiger partial charge in [-0.05, 0) is 13.0 Å². The van der Waals surface area contributed by atoms with Crippen LogP contribution >= 0.6 is 0 Å². The smallest absolute Gasteiger partial charge is 0.303 e. The van der Waals surface area contributed by atoms with E-state index >= 15 is 0 Å². The van der Waals surface area contributed by atoms with Gasteiger partial charge in [-0.2, -0.15) is 0 Å². The first-order chi connectivity index (χ1) is 8.47. The van der Waals surface area contributed by atoms with Crippen LogP contribution in [0, 0.1) is 23.0 Å². The molecule has 0 aliphatic carbocycles. The molecule has 18 heavy (non-hydrogen) atoms. The van der Waals surface area contributed by atoms with Gasteiger partial charge >= 0.3 is 5.97 Å². The van der Waals surface area contributed by atoms with E-state index in [0.717, 1.165) is 5.69 Å². The predicted molar refractivity (Wildman–Crippen MR) is 65.8 cm³/mol. The SMILES string of the molecule is Cc1ccc(N2CC(CC(=O)O)C2)cc1[N+](=O)[O-]. The van der Waals surface area contributed by atoms with E-state index in [1.165, 1.54) is 0 Å². The van der Waals surface area contributed by atoms with E-state index in [2.05, 4.69) is 0 Å². The molecule has 6 heteroatoms. The van der Waals surface area contributed by atoms with Gasteiger partial charge in [-0.25, -0.2) is 0 Å². The molecular weight excluding hydrogens is 236 g/mol. The summed E-state index contributed by atoms with van der Waals surface area (Å²) in [4.78, 5) is 22.9. The summed E-state index contributed by atoms with van der Waals surface area (Å²) in [6.07, 6.45) is 0.157. The highest BCUT2D eigenvalue weighted by atomic mass is 16.6. The van der Waals surface area contributed by atoms with Crippen molar-refractivity contribution in [3.8, 4) is 0 Å². The summed E-state index contributed by atoms with van der Waals surface area (Å²) in [5, 5.41) is 19.5. The molecule has 1 heterocycles. The second kappa shape index (κ2) is 4.64. The minimum absolute atomic E-state index is 0.106. The topological polar surface area (TPSA) is 83.7 Å². The second-order valence-corrected chi connectivity index (χ2v) is 4.60. The summed E-state index contributed by atoms with van der Waals surface area (Å²) in [6.45, 7) is 2.99. The monoisotopic (exact) mass is 250 g/mol. The number of anilines is 1. The highest BCUT2D eigenvalue weighted by Crippen LogP contribution is 2.30. The van der Waals surface area contributed by atoms with Crippen LogP contribution in [-0.4, -0.2) is 29.1 Å². The van der Waals surface area contributed by atoms with Gasteiger partial charge in [0.15, 0.2) is 0 Å². The molecule has 0 saturated carbocycles. The van der Waals surface area contributed by atoms with Crippen LogP contribution in [0.15, 0.2) is 18.2 Å². The molecule has 1 aromatic carbocycles. The maximum atomic E-state index is 10.8. The zero-order valence-corrected chi connectivity index (χ0v) is 10.00. The van der Waals surface area contributed by atoms with E-state index in [1.54, 1.807) is 19.1 Å².